The summed E-state index contributed by atoms with van der Waals surface area (Å²) in [5, 5.41) is 7.93. The molecule has 0 aliphatic carbocycles. The molecule has 0 radical (unpaired) electrons. The van der Waals surface area contributed by atoms with Crippen LogP contribution in [0.2, 0.25) is 0 Å². The second kappa shape index (κ2) is 8.00. The molecule has 2 aliphatic rings. The minimum atomic E-state index is -3.69. The van der Waals surface area contributed by atoms with E-state index in [0.29, 0.717) is 22.9 Å². The highest BCUT2D eigenvalue weighted by Crippen LogP contribution is 2.48. The van der Waals surface area contributed by atoms with E-state index >= 15 is 0 Å². The Kier molecular flexibility index (Phi) is 5.05. The van der Waals surface area contributed by atoms with Gasteiger partial charge in [0.1, 0.15) is 0 Å². The van der Waals surface area contributed by atoms with Gasteiger partial charge in [-0.3, -0.25) is 10.00 Å². The van der Waals surface area contributed by atoms with Crippen LogP contribution in [-0.4, -0.2) is 64.5 Å². The van der Waals surface area contributed by atoms with Gasteiger partial charge in [-0.15, -0.1) is 20.1 Å². The normalized spacial score (nSPS) is 19.1. The molecule has 1 unspecified atom stereocenters. The summed E-state index contributed by atoms with van der Waals surface area (Å²) in [5.41, 5.74) is 2.47. The van der Waals surface area contributed by atoms with Crippen molar-refractivity contribution in [2.24, 2.45) is 0 Å². The SMILES string of the molecule is CC(c1ccc(-c2cnc3n[nH]c(-c4cccc5c4OC(F)(F)O5)c3c2)s1)N1CCN(C)CC1. The number of hydrogen-bond donors (Lipinski definition) is 1. The molecule has 6 rings (SSSR count). The average Bonchev–Trinajstić information content (AvgIpc) is 3.54. The highest BCUT2D eigenvalue weighted by atomic mass is 32.1. The molecule has 1 atom stereocenters. The van der Waals surface area contributed by atoms with Crippen LogP contribution in [0.3, 0.4) is 0 Å². The number of aromatic amines is 1. The van der Waals surface area contributed by atoms with E-state index in [2.05, 4.69) is 55.8 Å². The predicted molar refractivity (Wildman–Crippen MR) is 126 cm³/mol. The maximum absolute atomic E-state index is 13.7. The van der Waals surface area contributed by atoms with E-state index in [9.17, 15) is 8.78 Å². The Balaban J connectivity index is 1.33. The zero-order valence-electron chi connectivity index (χ0n) is 18.7. The van der Waals surface area contributed by atoms with Crippen LogP contribution < -0.4 is 9.47 Å². The van der Waals surface area contributed by atoms with Crippen LogP contribution in [0.4, 0.5) is 8.78 Å². The number of para-hydroxylation sites is 1. The Labute approximate surface area is 198 Å². The Hall–Kier alpha value is -3.08. The summed E-state index contributed by atoms with van der Waals surface area (Å²) in [5.74, 6) is -0.0157. The van der Waals surface area contributed by atoms with Crippen molar-refractivity contribution in [3.05, 3.63) is 47.5 Å². The number of likely N-dealkylation sites (N-methyl/N-ethyl adjacent to an activating group) is 1. The van der Waals surface area contributed by atoms with Gasteiger partial charge in [-0.2, -0.15) is 5.10 Å². The molecular formula is C24H23F2N5O2S. The number of H-pyrrole nitrogens is 1. The van der Waals surface area contributed by atoms with Crippen LogP contribution in [0.1, 0.15) is 17.8 Å². The van der Waals surface area contributed by atoms with Gasteiger partial charge in [-0.25, -0.2) is 4.98 Å². The van der Waals surface area contributed by atoms with Crippen molar-refractivity contribution in [2.45, 2.75) is 19.3 Å². The molecule has 176 valence electrons. The molecule has 7 nitrogen and oxygen atoms in total. The quantitative estimate of drug-likeness (QED) is 0.442. The zero-order valence-corrected chi connectivity index (χ0v) is 19.5. The molecule has 1 N–H and O–H groups in total. The van der Waals surface area contributed by atoms with Crippen molar-refractivity contribution < 1.29 is 18.3 Å². The van der Waals surface area contributed by atoms with E-state index in [4.69, 9.17) is 4.74 Å². The summed E-state index contributed by atoms with van der Waals surface area (Å²) >= 11 is 1.75. The van der Waals surface area contributed by atoms with E-state index in [1.54, 1.807) is 29.7 Å². The average molecular weight is 484 g/mol. The van der Waals surface area contributed by atoms with Gasteiger partial charge in [0, 0.05) is 64.7 Å². The van der Waals surface area contributed by atoms with E-state index < -0.39 is 6.29 Å². The fourth-order valence-electron chi connectivity index (χ4n) is 4.53. The Morgan fingerprint density at radius 3 is 2.76 bits per heavy atom. The molecule has 2 aliphatic heterocycles. The van der Waals surface area contributed by atoms with E-state index in [1.165, 1.54) is 10.9 Å². The van der Waals surface area contributed by atoms with Gasteiger partial charge < -0.3 is 14.4 Å². The Morgan fingerprint density at radius 2 is 1.94 bits per heavy atom. The minimum absolute atomic E-state index is 0.00448. The number of ether oxygens (including phenoxy) is 2. The number of rotatable bonds is 4. The number of benzene rings is 1. The molecule has 10 heteroatoms. The monoisotopic (exact) mass is 483 g/mol. The van der Waals surface area contributed by atoms with Crippen molar-refractivity contribution >= 4 is 22.4 Å². The van der Waals surface area contributed by atoms with Crippen LogP contribution >= 0.6 is 11.3 Å². The number of nitrogens with one attached hydrogen (secondary N) is 1. The topological polar surface area (TPSA) is 66.5 Å². The van der Waals surface area contributed by atoms with Gasteiger partial charge in [-0.1, -0.05) is 6.07 Å². The Morgan fingerprint density at radius 1 is 1.12 bits per heavy atom. The summed E-state index contributed by atoms with van der Waals surface area (Å²) in [6.45, 7) is 6.53. The number of piperazine rings is 1. The maximum atomic E-state index is 13.7. The van der Waals surface area contributed by atoms with Gasteiger partial charge >= 0.3 is 6.29 Å². The highest BCUT2D eigenvalue weighted by molar-refractivity contribution is 7.15. The molecule has 34 heavy (non-hydrogen) atoms. The van der Waals surface area contributed by atoms with Crippen molar-refractivity contribution in [2.75, 3.05) is 33.2 Å². The first-order valence-corrected chi connectivity index (χ1v) is 12.0. The van der Waals surface area contributed by atoms with Crippen LogP contribution in [0, 0.1) is 0 Å². The smallest absolute Gasteiger partial charge is 0.395 e. The van der Waals surface area contributed by atoms with E-state index in [1.807, 2.05) is 6.07 Å². The van der Waals surface area contributed by atoms with Gasteiger partial charge in [0.15, 0.2) is 17.1 Å². The van der Waals surface area contributed by atoms with Gasteiger partial charge in [-0.05, 0) is 44.3 Å². The molecular weight excluding hydrogens is 460 g/mol. The van der Waals surface area contributed by atoms with Crippen molar-refractivity contribution in [3.8, 4) is 33.2 Å². The van der Waals surface area contributed by atoms with Crippen molar-refractivity contribution in [3.63, 3.8) is 0 Å². The van der Waals surface area contributed by atoms with Gasteiger partial charge in [0.05, 0.1) is 5.69 Å². The van der Waals surface area contributed by atoms with Crippen LogP contribution in [-0.2, 0) is 0 Å². The van der Waals surface area contributed by atoms with Crippen molar-refractivity contribution in [1.82, 2.24) is 25.0 Å². The standard InChI is InChI=1S/C24H23F2N5O2S/c1-14(31-10-8-30(2)9-11-31)19-6-7-20(34-19)15-12-17-21(28-29-23(17)27-13-15)16-4-3-5-18-22(16)33-24(25,26)32-18/h3-7,12-14H,8-11H2,1-2H3,(H,27,28,29). The lowest BCUT2D eigenvalue weighted by Gasteiger charge is -2.36. The summed E-state index contributed by atoms with van der Waals surface area (Å²) in [7, 11) is 2.16. The number of nitrogens with zero attached hydrogens (tertiary/aromatic N) is 4. The molecule has 4 aromatic rings. The van der Waals surface area contributed by atoms with Crippen molar-refractivity contribution in [1.29, 1.82) is 0 Å². The molecule has 1 fully saturated rings. The summed E-state index contributed by atoms with van der Waals surface area (Å²) in [6.07, 6.45) is -1.89. The minimum Gasteiger partial charge on any atom is -0.395 e. The number of fused-ring (bicyclic) bond motifs is 2. The number of thiophene rings is 1. The lowest BCUT2D eigenvalue weighted by molar-refractivity contribution is -0.286. The summed E-state index contributed by atoms with van der Waals surface area (Å²) in [6, 6.07) is 11.4. The first-order valence-electron chi connectivity index (χ1n) is 11.1. The van der Waals surface area contributed by atoms with E-state index in [-0.39, 0.29) is 11.5 Å². The van der Waals surface area contributed by atoms with Gasteiger partial charge in [0.25, 0.3) is 0 Å². The molecule has 0 saturated carbocycles. The molecule has 1 saturated heterocycles. The van der Waals surface area contributed by atoms with E-state index in [0.717, 1.165) is 42.0 Å². The first kappa shape index (κ1) is 21.5. The summed E-state index contributed by atoms with van der Waals surface area (Å²) < 4.78 is 36.8. The van der Waals surface area contributed by atoms with Gasteiger partial charge in [0.2, 0.25) is 0 Å². The molecule has 5 heterocycles. The third kappa shape index (κ3) is 3.71. The van der Waals surface area contributed by atoms with Crippen LogP contribution in [0.5, 0.6) is 11.5 Å². The fraction of sp³-hybridized carbons (Fsp3) is 0.333. The zero-order chi connectivity index (χ0) is 23.4. The number of alkyl halides is 2. The Bertz CT molecular complexity index is 1360. The third-order valence-corrected chi connectivity index (χ3v) is 7.82. The second-order valence-electron chi connectivity index (χ2n) is 8.71. The first-order chi connectivity index (χ1) is 16.4. The maximum Gasteiger partial charge on any atom is 0.586 e. The number of pyridine rings is 1. The number of hydrogen-bond acceptors (Lipinski definition) is 7. The molecule has 0 amide bonds. The highest BCUT2D eigenvalue weighted by Gasteiger charge is 2.44. The van der Waals surface area contributed by atoms with Crippen LogP contribution in [0.25, 0.3) is 32.7 Å². The fourth-order valence-corrected chi connectivity index (χ4v) is 5.60. The number of aromatic nitrogens is 3. The second-order valence-corrected chi connectivity index (χ2v) is 9.83. The lowest BCUT2D eigenvalue weighted by Crippen LogP contribution is -2.45. The molecule has 0 spiro atoms. The third-order valence-electron chi connectivity index (χ3n) is 6.52. The lowest BCUT2D eigenvalue weighted by atomic mass is 10.1. The molecule has 1 aromatic carbocycles. The largest absolute Gasteiger partial charge is 0.586 e. The molecule has 3 aromatic heterocycles. The number of halogens is 2. The van der Waals surface area contributed by atoms with Crippen LogP contribution in [0.15, 0.2) is 42.6 Å². The predicted octanol–water partition coefficient (Wildman–Crippen LogP) is 4.98. The molecule has 0 bridgehead atoms. The summed E-state index contributed by atoms with van der Waals surface area (Å²) in [4.78, 5) is 11.8.